The number of ketones is 1. The number of carboxylic acid groups (broad SMARTS) is 1. The summed E-state index contributed by atoms with van der Waals surface area (Å²) in [5, 5.41) is 12.7. The Bertz CT molecular complexity index is 1390. The summed E-state index contributed by atoms with van der Waals surface area (Å²) in [4.78, 5) is 39.9. The summed E-state index contributed by atoms with van der Waals surface area (Å²) >= 11 is 12.2. The number of Topliss-reactive ketones (excluding diaryl/α,β-unsaturated/α-hetero) is 1. The monoisotopic (exact) mass is 631 g/mol. The first kappa shape index (κ1) is 30.8. The zero-order valence-electron chi connectivity index (χ0n) is 22.9. The lowest BCUT2D eigenvalue weighted by atomic mass is 9.82. The molecule has 0 spiro atoms. The van der Waals surface area contributed by atoms with Gasteiger partial charge in [-0.3, -0.25) is 19.1 Å². The number of aliphatic carboxylic acids is 1. The van der Waals surface area contributed by atoms with Gasteiger partial charge in [-0.25, -0.2) is 4.39 Å². The molecule has 3 aliphatic carbocycles. The van der Waals surface area contributed by atoms with E-state index in [1.54, 1.807) is 0 Å². The van der Waals surface area contributed by atoms with Gasteiger partial charge >= 0.3 is 12.1 Å². The van der Waals surface area contributed by atoms with Gasteiger partial charge in [-0.1, -0.05) is 30.1 Å². The lowest BCUT2D eigenvalue weighted by molar-refractivity contribution is -0.147. The molecular weight excluding hydrogens is 601 g/mol. The van der Waals surface area contributed by atoms with Gasteiger partial charge in [0.25, 0.3) is 5.91 Å². The Morgan fingerprint density at radius 3 is 2.17 bits per heavy atom. The third-order valence-corrected chi connectivity index (χ3v) is 10.0. The molecule has 1 N–H and O–H groups in total. The highest BCUT2D eigenvalue weighted by atomic mass is 35.5. The van der Waals surface area contributed by atoms with Crippen LogP contribution >= 0.6 is 23.2 Å². The second-order valence-corrected chi connectivity index (χ2v) is 13.3. The molecule has 1 aromatic carbocycles. The predicted octanol–water partition coefficient (Wildman–Crippen LogP) is 7.46. The molecule has 1 heterocycles. The molecule has 1 amide bonds. The van der Waals surface area contributed by atoms with Gasteiger partial charge in [0, 0.05) is 6.54 Å². The smallest absolute Gasteiger partial charge is 0.433 e. The number of amides is 1. The quantitative estimate of drug-likeness (QED) is 0.241. The summed E-state index contributed by atoms with van der Waals surface area (Å²) in [7, 11) is 0. The van der Waals surface area contributed by atoms with E-state index < -0.39 is 59.4 Å². The Labute approximate surface area is 250 Å². The molecule has 0 unspecified atom stereocenters. The standard InChI is InChI=1S/C29H31Cl2F4N3O4/c1-27-6-8-28(14-27,9-7-27)15-37(13-22(39)23-20(30)10-17(32)11-21(23)31)25(40)19-12-36-38(24(19)29(33,34)35)18-4-2-16(3-5-18)26(41)42/h10-12,16,18H,2-9,13-15H2,1H3,(H,41,42)/t16?,18?,27-,28+. The summed E-state index contributed by atoms with van der Waals surface area (Å²) in [6.07, 6.45) is 0.845. The number of aromatic nitrogens is 2. The lowest BCUT2D eigenvalue weighted by Crippen LogP contribution is -2.43. The van der Waals surface area contributed by atoms with Crippen molar-refractivity contribution in [3.63, 3.8) is 0 Å². The van der Waals surface area contributed by atoms with Crippen LogP contribution in [0.25, 0.3) is 0 Å². The van der Waals surface area contributed by atoms with E-state index in [-0.39, 0.29) is 58.7 Å². The van der Waals surface area contributed by atoms with Crippen LogP contribution in [0.4, 0.5) is 17.6 Å². The Morgan fingerprint density at radius 1 is 1.07 bits per heavy atom. The minimum Gasteiger partial charge on any atom is -0.481 e. The first-order valence-electron chi connectivity index (χ1n) is 14.0. The molecule has 228 valence electrons. The van der Waals surface area contributed by atoms with Crippen molar-refractivity contribution in [3.05, 3.63) is 51.0 Å². The van der Waals surface area contributed by atoms with Crippen LogP contribution in [-0.2, 0) is 11.0 Å². The highest BCUT2D eigenvalue weighted by Crippen LogP contribution is 2.61. The molecular formula is C29H31Cl2F4N3O4. The Balaban J connectivity index is 1.49. The molecule has 3 saturated carbocycles. The summed E-state index contributed by atoms with van der Waals surface area (Å²) in [5.74, 6) is -4.10. The highest BCUT2D eigenvalue weighted by Gasteiger charge is 2.53. The summed E-state index contributed by atoms with van der Waals surface area (Å²) < 4.78 is 58.2. The molecule has 0 atom stereocenters. The summed E-state index contributed by atoms with van der Waals surface area (Å²) in [6, 6.07) is 1.10. The molecule has 13 heteroatoms. The number of halogens is 6. The maximum absolute atomic E-state index is 14.5. The van der Waals surface area contributed by atoms with Gasteiger partial charge in [-0.05, 0) is 80.8 Å². The Kier molecular flexibility index (Phi) is 8.15. The van der Waals surface area contributed by atoms with Crippen molar-refractivity contribution in [3.8, 4) is 0 Å². The number of fused-ring (bicyclic) bond motifs is 2. The molecule has 3 aliphatic rings. The number of hydrogen-bond acceptors (Lipinski definition) is 4. The van der Waals surface area contributed by atoms with Gasteiger partial charge < -0.3 is 10.0 Å². The maximum atomic E-state index is 14.5. The second kappa shape index (κ2) is 11.1. The van der Waals surface area contributed by atoms with Crippen molar-refractivity contribution < 1.29 is 37.1 Å². The van der Waals surface area contributed by atoms with Gasteiger partial charge in [0.15, 0.2) is 11.5 Å². The van der Waals surface area contributed by atoms with E-state index in [9.17, 15) is 37.1 Å². The molecule has 0 radical (unpaired) electrons. The average Bonchev–Trinajstić information content (AvgIpc) is 3.58. The predicted molar refractivity (Wildman–Crippen MR) is 146 cm³/mol. The van der Waals surface area contributed by atoms with Gasteiger partial charge in [-0.2, -0.15) is 18.3 Å². The minimum atomic E-state index is -4.94. The van der Waals surface area contributed by atoms with Crippen molar-refractivity contribution in [2.45, 2.75) is 76.9 Å². The summed E-state index contributed by atoms with van der Waals surface area (Å²) in [6.45, 7) is 1.62. The van der Waals surface area contributed by atoms with Crippen molar-refractivity contribution >= 4 is 40.9 Å². The third kappa shape index (κ3) is 5.91. The molecule has 2 aromatic rings. The Morgan fingerprint density at radius 2 is 1.67 bits per heavy atom. The van der Waals surface area contributed by atoms with Gasteiger partial charge in [-0.15, -0.1) is 0 Å². The van der Waals surface area contributed by atoms with E-state index in [4.69, 9.17) is 23.2 Å². The van der Waals surface area contributed by atoms with E-state index in [0.29, 0.717) is 0 Å². The minimum absolute atomic E-state index is 0.0653. The van der Waals surface area contributed by atoms with Crippen LogP contribution in [-0.4, -0.2) is 50.5 Å². The molecule has 3 fully saturated rings. The number of carbonyl (C=O) groups is 3. The molecule has 2 bridgehead atoms. The van der Waals surface area contributed by atoms with Gasteiger partial charge in [0.1, 0.15) is 5.82 Å². The van der Waals surface area contributed by atoms with Crippen LogP contribution in [0.5, 0.6) is 0 Å². The van der Waals surface area contributed by atoms with E-state index >= 15 is 0 Å². The van der Waals surface area contributed by atoms with Crippen LogP contribution in [0, 0.1) is 22.6 Å². The number of carboxylic acids is 1. The number of alkyl halides is 3. The van der Waals surface area contributed by atoms with Gasteiger partial charge in [0.2, 0.25) is 0 Å². The first-order chi connectivity index (χ1) is 19.6. The number of nitrogens with zero attached hydrogens (tertiary/aromatic N) is 3. The first-order valence-corrected chi connectivity index (χ1v) is 14.7. The van der Waals surface area contributed by atoms with Crippen molar-refractivity contribution in [1.82, 2.24) is 14.7 Å². The maximum Gasteiger partial charge on any atom is 0.433 e. The molecule has 7 nitrogen and oxygen atoms in total. The number of rotatable bonds is 8. The van der Waals surface area contributed by atoms with Gasteiger partial charge in [0.05, 0.1) is 45.9 Å². The fraction of sp³-hybridized carbons (Fsp3) is 0.586. The van der Waals surface area contributed by atoms with Crippen LogP contribution < -0.4 is 0 Å². The number of benzene rings is 1. The number of hydrogen-bond donors (Lipinski definition) is 1. The zero-order valence-corrected chi connectivity index (χ0v) is 24.5. The molecule has 42 heavy (non-hydrogen) atoms. The lowest BCUT2D eigenvalue weighted by Gasteiger charge is -2.34. The van der Waals surface area contributed by atoms with Crippen LogP contribution in [0.2, 0.25) is 10.0 Å². The van der Waals surface area contributed by atoms with Crippen LogP contribution in [0.3, 0.4) is 0 Å². The second-order valence-electron chi connectivity index (χ2n) is 12.5. The van der Waals surface area contributed by atoms with E-state index in [2.05, 4.69) is 12.0 Å². The fourth-order valence-electron chi connectivity index (χ4n) is 7.34. The SMILES string of the molecule is C[C@]12CC[C@@](CN(CC(=O)c3c(Cl)cc(F)cc3Cl)C(=O)c3cnn(C4CCC(C(=O)O)CC4)c3C(F)(F)F)(CC1)C2. The molecule has 5 rings (SSSR count). The van der Waals surface area contributed by atoms with E-state index in [1.807, 2.05) is 0 Å². The van der Waals surface area contributed by atoms with Crippen molar-refractivity contribution in [2.24, 2.45) is 16.7 Å². The van der Waals surface area contributed by atoms with Crippen molar-refractivity contribution in [1.29, 1.82) is 0 Å². The van der Waals surface area contributed by atoms with Crippen LogP contribution in [0.15, 0.2) is 18.3 Å². The van der Waals surface area contributed by atoms with E-state index in [1.165, 1.54) is 0 Å². The highest BCUT2D eigenvalue weighted by molar-refractivity contribution is 6.40. The molecule has 0 saturated heterocycles. The third-order valence-electron chi connectivity index (χ3n) is 9.44. The fourth-order valence-corrected chi connectivity index (χ4v) is 8.01. The molecule has 0 aliphatic heterocycles. The summed E-state index contributed by atoms with van der Waals surface area (Å²) in [5.41, 5.74) is -2.37. The normalized spacial score (nSPS) is 27.3. The van der Waals surface area contributed by atoms with Crippen molar-refractivity contribution in [2.75, 3.05) is 13.1 Å². The largest absolute Gasteiger partial charge is 0.481 e. The average molecular weight is 632 g/mol. The zero-order chi connectivity index (χ0) is 30.6. The topological polar surface area (TPSA) is 92.5 Å². The van der Waals surface area contributed by atoms with Crippen LogP contribution in [0.1, 0.15) is 97.2 Å². The Hall–Kier alpha value is -2.66. The number of carbonyl (C=O) groups excluding carboxylic acids is 2. The molecule has 1 aromatic heterocycles. The van der Waals surface area contributed by atoms with E-state index in [0.717, 1.165) is 60.0 Å².